The van der Waals surface area contributed by atoms with E-state index in [2.05, 4.69) is 17.6 Å². The Hall–Kier alpha value is -0.770. The molecule has 1 fully saturated rings. The highest BCUT2D eigenvalue weighted by Crippen LogP contribution is 2.02. The minimum Gasteiger partial charge on any atom is -0.336 e. The molecule has 1 saturated heterocycles. The van der Waals surface area contributed by atoms with Gasteiger partial charge in [0.1, 0.15) is 0 Å². The molecule has 4 nitrogen and oxygen atoms in total. The zero-order valence-electron chi connectivity index (χ0n) is 8.63. The van der Waals surface area contributed by atoms with Gasteiger partial charge in [-0.05, 0) is 20.8 Å². The van der Waals surface area contributed by atoms with Crippen LogP contribution in [-0.4, -0.2) is 42.6 Å². The lowest BCUT2D eigenvalue weighted by molar-refractivity contribution is 0.162. The number of hydrogen-bond acceptors (Lipinski definition) is 2. The summed E-state index contributed by atoms with van der Waals surface area (Å²) in [6, 6.07) is 0.575. The molecule has 0 saturated carbocycles. The number of rotatable bonds is 1. The molecule has 2 N–H and O–H groups in total. The number of carbonyl (C=O) groups excluding carboxylic acids is 1. The average molecular weight is 185 g/mol. The maximum Gasteiger partial charge on any atom is 0.317 e. The van der Waals surface area contributed by atoms with Gasteiger partial charge in [-0.25, -0.2) is 4.79 Å². The molecule has 0 aliphatic carbocycles. The molecule has 4 heteroatoms. The molecular weight excluding hydrogens is 166 g/mol. The summed E-state index contributed by atoms with van der Waals surface area (Å²) in [4.78, 5) is 13.5. The molecule has 0 bridgehead atoms. The molecule has 0 aromatic heterocycles. The SMILES string of the molecule is CC(C)NC(=O)N1CCNC[C@@H]1C. The van der Waals surface area contributed by atoms with Gasteiger partial charge >= 0.3 is 6.03 Å². The molecule has 1 heterocycles. The maximum atomic E-state index is 11.6. The number of nitrogens with one attached hydrogen (secondary N) is 2. The van der Waals surface area contributed by atoms with Crippen LogP contribution in [0, 0.1) is 0 Å². The lowest BCUT2D eigenvalue weighted by Crippen LogP contribution is -2.56. The first-order valence-corrected chi connectivity index (χ1v) is 4.89. The quantitative estimate of drug-likeness (QED) is 0.621. The first-order valence-electron chi connectivity index (χ1n) is 4.89. The fourth-order valence-corrected chi connectivity index (χ4v) is 1.47. The van der Waals surface area contributed by atoms with Gasteiger partial charge in [-0.15, -0.1) is 0 Å². The Morgan fingerprint density at radius 2 is 2.31 bits per heavy atom. The molecule has 1 aliphatic rings. The Labute approximate surface area is 79.7 Å². The second-order valence-electron chi connectivity index (χ2n) is 3.85. The summed E-state index contributed by atoms with van der Waals surface area (Å²) in [7, 11) is 0. The fourth-order valence-electron chi connectivity index (χ4n) is 1.47. The van der Waals surface area contributed by atoms with Gasteiger partial charge in [-0.2, -0.15) is 0 Å². The third-order valence-electron chi connectivity index (χ3n) is 2.17. The fraction of sp³-hybridized carbons (Fsp3) is 0.889. The van der Waals surface area contributed by atoms with Gasteiger partial charge in [0.25, 0.3) is 0 Å². The number of nitrogens with zero attached hydrogens (tertiary/aromatic N) is 1. The van der Waals surface area contributed by atoms with Crippen LogP contribution in [0.4, 0.5) is 4.79 Å². The molecule has 2 amide bonds. The second kappa shape index (κ2) is 4.46. The Balaban J connectivity index is 2.44. The molecule has 0 spiro atoms. The Kier molecular flexibility index (Phi) is 3.54. The predicted molar refractivity (Wildman–Crippen MR) is 52.7 cm³/mol. The summed E-state index contributed by atoms with van der Waals surface area (Å²) in [5.41, 5.74) is 0. The lowest BCUT2D eigenvalue weighted by Gasteiger charge is -2.34. The van der Waals surface area contributed by atoms with Gasteiger partial charge in [0.15, 0.2) is 0 Å². The number of amides is 2. The average Bonchev–Trinajstić information content (AvgIpc) is 2.03. The predicted octanol–water partition coefficient (Wildman–Crippen LogP) is 0.398. The van der Waals surface area contributed by atoms with Crippen LogP contribution < -0.4 is 10.6 Å². The van der Waals surface area contributed by atoms with E-state index in [1.807, 2.05) is 18.7 Å². The Morgan fingerprint density at radius 3 is 2.85 bits per heavy atom. The van der Waals surface area contributed by atoms with Crippen molar-refractivity contribution < 1.29 is 4.79 Å². The van der Waals surface area contributed by atoms with E-state index < -0.39 is 0 Å². The van der Waals surface area contributed by atoms with Crippen molar-refractivity contribution in [1.82, 2.24) is 15.5 Å². The van der Waals surface area contributed by atoms with E-state index in [0.29, 0.717) is 6.04 Å². The highest BCUT2D eigenvalue weighted by molar-refractivity contribution is 5.74. The molecule has 1 aliphatic heterocycles. The van der Waals surface area contributed by atoms with Crippen LogP contribution in [0.25, 0.3) is 0 Å². The van der Waals surface area contributed by atoms with E-state index in [0.717, 1.165) is 19.6 Å². The van der Waals surface area contributed by atoms with Crippen molar-refractivity contribution in [3.63, 3.8) is 0 Å². The molecular formula is C9H19N3O. The zero-order chi connectivity index (χ0) is 9.84. The van der Waals surface area contributed by atoms with E-state index >= 15 is 0 Å². The largest absolute Gasteiger partial charge is 0.336 e. The first kappa shape index (κ1) is 10.3. The summed E-state index contributed by atoms with van der Waals surface area (Å²) in [6.45, 7) is 8.61. The molecule has 0 unspecified atom stereocenters. The van der Waals surface area contributed by atoms with E-state index in [4.69, 9.17) is 0 Å². The number of hydrogen-bond donors (Lipinski definition) is 2. The first-order chi connectivity index (χ1) is 6.11. The van der Waals surface area contributed by atoms with Crippen molar-refractivity contribution in [3.05, 3.63) is 0 Å². The molecule has 13 heavy (non-hydrogen) atoms. The minimum atomic E-state index is 0.0593. The summed E-state index contributed by atoms with van der Waals surface area (Å²) < 4.78 is 0. The van der Waals surface area contributed by atoms with Crippen LogP contribution in [0.3, 0.4) is 0 Å². The van der Waals surface area contributed by atoms with Gasteiger partial charge in [-0.3, -0.25) is 0 Å². The molecule has 76 valence electrons. The van der Waals surface area contributed by atoms with Gasteiger partial charge in [0.05, 0.1) is 0 Å². The van der Waals surface area contributed by atoms with E-state index in [1.165, 1.54) is 0 Å². The van der Waals surface area contributed by atoms with Crippen LogP contribution in [0.1, 0.15) is 20.8 Å². The zero-order valence-corrected chi connectivity index (χ0v) is 8.63. The summed E-state index contributed by atoms with van der Waals surface area (Å²) >= 11 is 0. The van der Waals surface area contributed by atoms with Gasteiger partial charge < -0.3 is 15.5 Å². The van der Waals surface area contributed by atoms with Gasteiger partial charge in [0, 0.05) is 31.7 Å². The van der Waals surface area contributed by atoms with Gasteiger partial charge in [0.2, 0.25) is 0 Å². The third kappa shape index (κ3) is 2.88. The second-order valence-corrected chi connectivity index (χ2v) is 3.85. The normalized spacial score (nSPS) is 23.4. The highest BCUT2D eigenvalue weighted by atomic mass is 16.2. The van der Waals surface area contributed by atoms with Crippen molar-refractivity contribution in [2.75, 3.05) is 19.6 Å². The van der Waals surface area contributed by atoms with Crippen LogP contribution in [0.15, 0.2) is 0 Å². The van der Waals surface area contributed by atoms with Crippen molar-refractivity contribution in [2.45, 2.75) is 32.9 Å². The Morgan fingerprint density at radius 1 is 1.62 bits per heavy atom. The van der Waals surface area contributed by atoms with Crippen LogP contribution in [0.5, 0.6) is 0 Å². The lowest BCUT2D eigenvalue weighted by atomic mass is 10.2. The smallest absolute Gasteiger partial charge is 0.317 e. The standard InChI is InChI=1S/C9H19N3O/c1-7(2)11-9(13)12-5-4-10-6-8(12)3/h7-8,10H,4-6H2,1-3H3,(H,11,13)/t8-/m0/s1. The van der Waals surface area contributed by atoms with Crippen molar-refractivity contribution in [1.29, 1.82) is 0 Å². The Bertz CT molecular complexity index is 182. The van der Waals surface area contributed by atoms with Crippen LogP contribution in [0.2, 0.25) is 0 Å². The molecule has 1 atom stereocenters. The third-order valence-corrected chi connectivity index (χ3v) is 2.17. The summed E-state index contributed by atoms with van der Waals surface area (Å²) in [5.74, 6) is 0. The minimum absolute atomic E-state index is 0.0593. The van der Waals surface area contributed by atoms with E-state index in [1.54, 1.807) is 0 Å². The molecule has 0 radical (unpaired) electrons. The number of piperazine rings is 1. The van der Waals surface area contributed by atoms with E-state index in [-0.39, 0.29) is 12.1 Å². The maximum absolute atomic E-state index is 11.6. The highest BCUT2D eigenvalue weighted by Gasteiger charge is 2.22. The molecule has 1 rings (SSSR count). The topological polar surface area (TPSA) is 44.4 Å². The molecule has 0 aromatic rings. The van der Waals surface area contributed by atoms with Crippen molar-refractivity contribution >= 4 is 6.03 Å². The number of urea groups is 1. The monoisotopic (exact) mass is 185 g/mol. The number of carbonyl (C=O) groups is 1. The van der Waals surface area contributed by atoms with Crippen molar-refractivity contribution in [2.24, 2.45) is 0 Å². The van der Waals surface area contributed by atoms with Gasteiger partial charge in [-0.1, -0.05) is 0 Å². The van der Waals surface area contributed by atoms with Crippen molar-refractivity contribution in [3.8, 4) is 0 Å². The summed E-state index contributed by atoms with van der Waals surface area (Å²) in [6.07, 6.45) is 0. The van der Waals surface area contributed by atoms with E-state index in [9.17, 15) is 4.79 Å². The van der Waals surface area contributed by atoms with Crippen LogP contribution >= 0.6 is 0 Å². The molecule has 0 aromatic carbocycles. The van der Waals surface area contributed by atoms with Crippen LogP contribution in [-0.2, 0) is 0 Å². The summed E-state index contributed by atoms with van der Waals surface area (Å²) in [5, 5.41) is 6.15.